The maximum absolute atomic E-state index is 13.5. The van der Waals surface area contributed by atoms with Crippen LogP contribution in [0.15, 0.2) is 24.3 Å². The molecule has 0 amide bonds. The summed E-state index contributed by atoms with van der Waals surface area (Å²) in [6.07, 6.45) is 0.791. The van der Waals surface area contributed by atoms with Gasteiger partial charge in [-0.05, 0) is 71.8 Å². The van der Waals surface area contributed by atoms with E-state index in [1.54, 1.807) is 19.4 Å². The Bertz CT molecular complexity index is 1160. The minimum Gasteiger partial charge on any atom is -0.353 e. The van der Waals surface area contributed by atoms with Crippen LogP contribution in [0.25, 0.3) is 11.2 Å². The first-order chi connectivity index (χ1) is 14.2. The Morgan fingerprint density at radius 1 is 1.27 bits per heavy atom. The normalized spacial score (nSPS) is 15.4. The summed E-state index contributed by atoms with van der Waals surface area (Å²) in [7, 11) is -2.60. The molecule has 1 unspecified atom stereocenters. The molecule has 2 heterocycles. The van der Waals surface area contributed by atoms with Gasteiger partial charge in [-0.25, -0.2) is 18.7 Å². The average Bonchev–Trinajstić information content (AvgIpc) is 2.99. The highest BCUT2D eigenvalue weighted by Gasteiger charge is 2.25. The van der Waals surface area contributed by atoms with E-state index in [9.17, 15) is 13.3 Å². The number of anilines is 2. The molecule has 1 aliphatic carbocycles. The molecule has 160 valence electrons. The fourth-order valence-electron chi connectivity index (χ4n) is 3.60. The van der Waals surface area contributed by atoms with E-state index in [0.717, 1.165) is 18.1 Å². The molecule has 1 aromatic carbocycles. The van der Waals surface area contributed by atoms with Crippen molar-refractivity contribution in [3.63, 3.8) is 0 Å². The van der Waals surface area contributed by atoms with Crippen LogP contribution < -0.4 is 10.6 Å². The Kier molecular flexibility index (Phi) is 6.42. The molecular weight excluding hydrogens is 563 g/mol. The second-order valence-electron chi connectivity index (χ2n) is 7.74. The molecule has 0 aliphatic heterocycles. The van der Waals surface area contributed by atoms with E-state index in [1.807, 2.05) is 40.2 Å². The van der Waals surface area contributed by atoms with Gasteiger partial charge in [-0.2, -0.15) is 0 Å². The van der Waals surface area contributed by atoms with Gasteiger partial charge in [-0.3, -0.25) is 4.34 Å². The molecular formula is C19H20ClF2IN4OP2. The maximum Gasteiger partial charge on any atom is 0.295 e. The highest BCUT2D eigenvalue weighted by Crippen LogP contribution is 2.43. The number of aromatic nitrogens is 3. The van der Waals surface area contributed by atoms with E-state index in [2.05, 4.69) is 15.3 Å². The van der Waals surface area contributed by atoms with Gasteiger partial charge >= 0.3 is 0 Å². The van der Waals surface area contributed by atoms with Crippen molar-refractivity contribution in [3.8, 4) is 0 Å². The summed E-state index contributed by atoms with van der Waals surface area (Å²) in [6, 6.07) is 7.53. The first-order valence-electron chi connectivity index (χ1n) is 9.39. The fourth-order valence-corrected chi connectivity index (χ4v) is 6.86. The largest absolute Gasteiger partial charge is 0.353 e. The van der Waals surface area contributed by atoms with E-state index in [0.29, 0.717) is 28.5 Å². The summed E-state index contributed by atoms with van der Waals surface area (Å²) in [6.45, 7) is 3.46. The molecule has 1 N–H and O–H groups in total. The van der Waals surface area contributed by atoms with Crippen LogP contribution in [0.5, 0.6) is 0 Å². The van der Waals surface area contributed by atoms with Gasteiger partial charge in [0.1, 0.15) is 17.8 Å². The van der Waals surface area contributed by atoms with Crippen molar-refractivity contribution in [1.82, 2.24) is 14.3 Å². The summed E-state index contributed by atoms with van der Waals surface area (Å²) in [5, 5.41) is 4.16. The van der Waals surface area contributed by atoms with E-state index >= 15 is 0 Å². The number of fused-ring (bicyclic) bond motifs is 1. The Morgan fingerprint density at radius 3 is 2.57 bits per heavy atom. The quantitative estimate of drug-likeness (QED) is 0.192. The smallest absolute Gasteiger partial charge is 0.295 e. The Morgan fingerprint density at radius 2 is 2.00 bits per heavy atom. The zero-order valence-electron chi connectivity index (χ0n) is 16.3. The van der Waals surface area contributed by atoms with Crippen LogP contribution in [0.1, 0.15) is 43.0 Å². The van der Waals surface area contributed by atoms with Gasteiger partial charge in [0, 0.05) is 17.1 Å². The summed E-state index contributed by atoms with van der Waals surface area (Å²) in [4.78, 5) is 8.36. The number of hydrogen-bond acceptors (Lipinski definition) is 4. The number of rotatable bonds is 6. The van der Waals surface area contributed by atoms with Crippen LogP contribution in [-0.4, -0.2) is 27.6 Å². The zero-order chi connectivity index (χ0) is 21.6. The first kappa shape index (κ1) is 22.4. The van der Waals surface area contributed by atoms with Crippen molar-refractivity contribution < 1.29 is 13.3 Å². The number of imidazole rings is 1. The van der Waals surface area contributed by atoms with E-state index < -0.39 is 13.6 Å². The first-order valence-corrected chi connectivity index (χ1v) is 16.4. The van der Waals surface area contributed by atoms with Crippen molar-refractivity contribution >= 4 is 75.0 Å². The molecule has 4 rings (SSSR count). The zero-order valence-corrected chi connectivity index (χ0v) is 21.1. The van der Waals surface area contributed by atoms with Crippen molar-refractivity contribution in [3.05, 3.63) is 40.8 Å². The van der Waals surface area contributed by atoms with Crippen molar-refractivity contribution in [2.24, 2.45) is 0 Å². The molecule has 0 spiro atoms. The van der Waals surface area contributed by atoms with Crippen molar-refractivity contribution in [1.29, 1.82) is 0 Å². The van der Waals surface area contributed by atoms with Gasteiger partial charge in [0.15, 0.2) is 11.5 Å². The summed E-state index contributed by atoms with van der Waals surface area (Å²) < 4.78 is 41.4. The minimum absolute atomic E-state index is 0.00146. The number of hydrogen-bond donors (Lipinski definition) is 1. The third-order valence-corrected chi connectivity index (χ3v) is 9.12. The Hall–Kier alpha value is -0.820. The van der Waals surface area contributed by atoms with E-state index in [1.165, 1.54) is 16.3 Å². The number of pyridine rings is 1. The predicted molar refractivity (Wildman–Crippen MR) is 131 cm³/mol. The molecule has 2 aromatic heterocycles. The second kappa shape index (κ2) is 8.61. The summed E-state index contributed by atoms with van der Waals surface area (Å²) >= 11 is 8.21. The van der Waals surface area contributed by atoms with Gasteiger partial charge in [0.05, 0.1) is 12.1 Å². The lowest BCUT2D eigenvalue weighted by Crippen LogP contribution is -2.15. The Balaban J connectivity index is 1.83. The highest BCUT2D eigenvalue weighted by molar-refractivity contribution is 14.2. The van der Waals surface area contributed by atoms with Gasteiger partial charge in [-0.15, -0.1) is 0 Å². The lowest BCUT2D eigenvalue weighted by Gasteiger charge is -2.27. The molecule has 30 heavy (non-hydrogen) atoms. The number of alkyl halides is 2. The molecule has 5 nitrogen and oxygen atoms in total. The highest BCUT2D eigenvalue weighted by atomic mass is 127. The fraction of sp³-hybridized carbons (Fsp3) is 0.368. The molecule has 11 heteroatoms. The molecule has 1 saturated carbocycles. The molecule has 1 atom stereocenters. The van der Waals surface area contributed by atoms with E-state index in [-0.39, 0.29) is 17.4 Å². The van der Waals surface area contributed by atoms with Crippen molar-refractivity contribution in [2.45, 2.75) is 31.6 Å². The summed E-state index contributed by atoms with van der Waals surface area (Å²) in [5.41, 5.74) is 2.94. The van der Waals surface area contributed by atoms with Crippen molar-refractivity contribution in [2.75, 3.05) is 18.6 Å². The second-order valence-corrected chi connectivity index (χ2v) is 13.4. The summed E-state index contributed by atoms with van der Waals surface area (Å²) in [5.74, 6) is 0.174. The monoisotopic (exact) mass is 582 g/mol. The number of halogens is 4. The average molecular weight is 583 g/mol. The van der Waals surface area contributed by atoms with Gasteiger partial charge in [-0.1, -0.05) is 24.1 Å². The number of benzene rings is 1. The van der Waals surface area contributed by atoms with Gasteiger partial charge in [0.2, 0.25) is 0 Å². The lowest BCUT2D eigenvalue weighted by molar-refractivity contribution is 0.140. The van der Waals surface area contributed by atoms with Gasteiger partial charge in [0.25, 0.3) is 6.43 Å². The van der Waals surface area contributed by atoms with Crippen LogP contribution in [0, 0.1) is 0 Å². The molecule has 0 bridgehead atoms. The molecule has 1 fully saturated rings. The Labute approximate surface area is 193 Å². The third kappa shape index (κ3) is 4.25. The maximum atomic E-state index is 13.5. The van der Waals surface area contributed by atoms with Crippen LogP contribution in [0.4, 0.5) is 20.2 Å². The standard InChI is InChI=1S/C19H20ClF2IN4OP2/c1-30(2,28)14-8-11(10-4-3-5-10)6-7-12(14)24-13-9-15(20)25-18-16(13)26-19(17(21)22)27(18)29-23/h6-10,17,29H,3-5H2,1-2H3,(H,24,25). The van der Waals surface area contributed by atoms with Crippen LogP contribution >= 0.6 is 47.2 Å². The van der Waals surface area contributed by atoms with Gasteiger partial charge < -0.3 is 9.88 Å². The van der Waals surface area contributed by atoms with Crippen LogP contribution in [-0.2, 0) is 4.57 Å². The number of nitrogens with one attached hydrogen (secondary N) is 1. The third-order valence-electron chi connectivity index (χ3n) is 5.34. The van der Waals surface area contributed by atoms with E-state index in [4.69, 9.17) is 11.6 Å². The number of nitrogens with zero attached hydrogens (tertiary/aromatic N) is 3. The molecule has 1 aliphatic rings. The molecule has 0 saturated heterocycles. The topological polar surface area (TPSA) is 59.8 Å². The molecule has 0 radical (unpaired) electrons. The minimum atomic E-state index is -2.73. The SMILES string of the molecule is CP(C)(=O)c1cc(C2CCC2)ccc1Nc1cc(Cl)nc2c1nc(C(F)F)n2PI. The van der Waals surface area contributed by atoms with Crippen LogP contribution in [0.3, 0.4) is 0 Å². The predicted octanol–water partition coefficient (Wildman–Crippen LogP) is 7.07. The molecule has 3 aromatic rings. The lowest BCUT2D eigenvalue weighted by atomic mass is 9.80. The van der Waals surface area contributed by atoms with Crippen LogP contribution in [0.2, 0.25) is 5.15 Å².